The molecule has 3 aromatic heterocycles. The zero-order chi connectivity index (χ0) is 16.8. The van der Waals surface area contributed by atoms with Crippen molar-refractivity contribution in [3.8, 4) is 0 Å². The Morgan fingerprint density at radius 2 is 1.12 bits per heavy atom. The third-order valence-corrected chi connectivity index (χ3v) is 5.01. The molecule has 2 aliphatic heterocycles. The van der Waals surface area contributed by atoms with Crippen molar-refractivity contribution in [1.29, 1.82) is 0 Å². The van der Waals surface area contributed by atoms with Crippen molar-refractivity contribution in [3.05, 3.63) is 68.8 Å². The number of nitrogens with zero attached hydrogens (tertiary/aromatic N) is 2. The molecule has 0 atom stereocenters. The van der Waals surface area contributed by atoms with Crippen molar-refractivity contribution >= 4 is 69.0 Å². The summed E-state index contributed by atoms with van der Waals surface area (Å²) in [6.07, 6.45) is 8.12. The number of fused-ring (bicyclic) bond motifs is 8. The van der Waals surface area contributed by atoms with Gasteiger partial charge in [-0.1, -0.05) is 0 Å². The summed E-state index contributed by atoms with van der Waals surface area (Å²) in [6, 6.07) is 14.4. The molecule has 2 N–H and O–H groups in total. The topological polar surface area (TPSA) is 57.4 Å². The predicted octanol–water partition coefficient (Wildman–Crippen LogP) is 5.26. The van der Waals surface area contributed by atoms with Crippen LogP contribution in [0.3, 0.4) is 0 Å². The second-order valence-corrected chi connectivity index (χ2v) is 7.18. The number of halogens is 1. The summed E-state index contributed by atoms with van der Waals surface area (Å²) in [5, 5.41) is 0. The largest absolute Gasteiger partial charge is 0.355 e. The first-order chi connectivity index (χ1) is 12.2. The molecular weight excluding hydrogens is 423 g/mol. The Morgan fingerprint density at radius 1 is 0.600 bits per heavy atom. The van der Waals surface area contributed by atoms with Gasteiger partial charge in [0.25, 0.3) is 0 Å². The van der Waals surface area contributed by atoms with Gasteiger partial charge in [-0.3, -0.25) is 0 Å². The zero-order valence-electron chi connectivity index (χ0n) is 13.1. The molecule has 3 aromatic rings. The third kappa shape index (κ3) is 2.91. The lowest BCUT2D eigenvalue weighted by Crippen LogP contribution is -1.75. The molecule has 0 spiro atoms. The normalized spacial score (nSPS) is 12.7. The number of hydrogen-bond acceptors (Lipinski definition) is 2. The molecule has 5 heteroatoms. The molecule has 0 unspecified atom stereocenters. The first-order valence-corrected chi connectivity index (χ1v) is 9.03. The molecule has 0 aromatic carbocycles. The second-order valence-electron chi connectivity index (χ2n) is 6.02. The van der Waals surface area contributed by atoms with Gasteiger partial charge in [-0.25, -0.2) is 9.97 Å². The summed E-state index contributed by atoms with van der Waals surface area (Å²) in [5.74, 6) is 0. The van der Waals surface area contributed by atoms with Gasteiger partial charge < -0.3 is 9.97 Å². The van der Waals surface area contributed by atoms with Crippen molar-refractivity contribution < 1.29 is 0 Å². The number of aromatic nitrogens is 4. The Kier molecular flexibility index (Phi) is 3.34. The average molecular weight is 436 g/mol. The lowest BCUT2D eigenvalue weighted by atomic mass is 10.3. The Morgan fingerprint density at radius 3 is 1.72 bits per heavy atom. The zero-order valence-corrected chi connectivity index (χ0v) is 15.3. The van der Waals surface area contributed by atoms with Crippen LogP contribution in [-0.2, 0) is 0 Å². The van der Waals surface area contributed by atoms with Crippen LogP contribution in [0.2, 0.25) is 0 Å². The van der Waals surface area contributed by atoms with Crippen LogP contribution < -0.4 is 0 Å². The highest BCUT2D eigenvalue weighted by Gasteiger charge is 2.03. The van der Waals surface area contributed by atoms with Gasteiger partial charge in [0, 0.05) is 20.1 Å². The van der Waals surface area contributed by atoms with Crippen molar-refractivity contribution in [2.24, 2.45) is 0 Å². The SMILES string of the molecule is Ic1cc2cc3nc(cc4ccc(cc5nc(cc1[nH]2)C=C5)[nH]4)C=C3. The Balaban J connectivity index is 1.87. The molecule has 0 amide bonds. The van der Waals surface area contributed by atoms with Crippen LogP contribution in [0.25, 0.3) is 46.4 Å². The van der Waals surface area contributed by atoms with Crippen LogP contribution in [0.4, 0.5) is 0 Å². The maximum Gasteiger partial charge on any atom is 0.0658 e. The Hall–Kier alpha value is -2.67. The van der Waals surface area contributed by atoms with Crippen LogP contribution in [0, 0.1) is 3.57 Å². The van der Waals surface area contributed by atoms with Gasteiger partial charge in [0.1, 0.15) is 0 Å². The number of rotatable bonds is 0. The molecule has 2 aliphatic rings. The number of nitrogens with one attached hydrogen (secondary N) is 2. The van der Waals surface area contributed by atoms with Gasteiger partial charge in [-0.2, -0.15) is 0 Å². The molecule has 4 nitrogen and oxygen atoms in total. The summed E-state index contributed by atoms with van der Waals surface area (Å²) in [4.78, 5) is 16.2. The predicted molar refractivity (Wildman–Crippen MR) is 112 cm³/mol. The number of H-pyrrole nitrogens is 2. The smallest absolute Gasteiger partial charge is 0.0658 e. The second kappa shape index (κ2) is 5.70. The lowest BCUT2D eigenvalue weighted by molar-refractivity contribution is 1.31. The minimum absolute atomic E-state index is 0.938. The van der Waals surface area contributed by atoms with E-state index in [0.717, 1.165) is 48.4 Å². The Bertz CT molecular complexity index is 1210. The molecule has 0 saturated carbocycles. The number of hydrogen-bond donors (Lipinski definition) is 2. The van der Waals surface area contributed by atoms with Crippen molar-refractivity contribution in [2.75, 3.05) is 0 Å². The fraction of sp³-hybridized carbons (Fsp3) is 0. The van der Waals surface area contributed by atoms with E-state index >= 15 is 0 Å². The van der Waals surface area contributed by atoms with E-state index in [2.05, 4.69) is 72.9 Å². The van der Waals surface area contributed by atoms with Crippen LogP contribution >= 0.6 is 22.6 Å². The summed E-state index contributed by atoms with van der Waals surface area (Å²) < 4.78 is 1.16. The molecule has 120 valence electrons. The summed E-state index contributed by atoms with van der Waals surface area (Å²) in [6.45, 7) is 0. The highest BCUT2D eigenvalue weighted by molar-refractivity contribution is 14.1. The first kappa shape index (κ1) is 14.7. The van der Waals surface area contributed by atoms with Crippen molar-refractivity contribution in [3.63, 3.8) is 0 Å². The van der Waals surface area contributed by atoms with Gasteiger partial charge >= 0.3 is 0 Å². The summed E-state index contributed by atoms with van der Waals surface area (Å²) >= 11 is 2.34. The molecule has 5 heterocycles. The van der Waals surface area contributed by atoms with Crippen LogP contribution in [0.1, 0.15) is 22.8 Å². The molecule has 0 saturated heterocycles. The minimum Gasteiger partial charge on any atom is -0.355 e. The van der Waals surface area contributed by atoms with E-state index in [1.54, 1.807) is 0 Å². The van der Waals surface area contributed by atoms with Crippen LogP contribution in [-0.4, -0.2) is 19.9 Å². The van der Waals surface area contributed by atoms with E-state index in [1.165, 1.54) is 0 Å². The third-order valence-electron chi connectivity index (χ3n) is 4.12. The molecule has 0 radical (unpaired) electrons. The van der Waals surface area contributed by atoms with Gasteiger partial charge in [-0.05, 0) is 89.4 Å². The van der Waals surface area contributed by atoms with E-state index in [-0.39, 0.29) is 0 Å². The van der Waals surface area contributed by atoms with Gasteiger partial charge in [-0.15, -0.1) is 0 Å². The quantitative estimate of drug-likeness (QED) is 0.326. The fourth-order valence-electron chi connectivity index (χ4n) is 2.98. The van der Waals surface area contributed by atoms with Gasteiger partial charge in [0.05, 0.1) is 28.3 Å². The monoisotopic (exact) mass is 436 g/mol. The van der Waals surface area contributed by atoms with Gasteiger partial charge in [0.15, 0.2) is 0 Å². The standard InChI is InChI=1S/C20H13IN4/c21-19-10-18-9-16-4-3-14(23-16)7-12-1-2-13(22-12)8-15-5-6-17(24-15)11-20(19)25-18/h1-11,22,25H. The Labute approximate surface area is 157 Å². The van der Waals surface area contributed by atoms with E-state index < -0.39 is 0 Å². The maximum absolute atomic E-state index is 4.67. The summed E-state index contributed by atoms with van der Waals surface area (Å²) in [5.41, 5.74) is 7.90. The van der Waals surface area contributed by atoms with E-state index in [1.807, 2.05) is 36.4 Å². The van der Waals surface area contributed by atoms with E-state index in [4.69, 9.17) is 0 Å². The highest BCUT2D eigenvalue weighted by Crippen LogP contribution is 2.20. The first-order valence-electron chi connectivity index (χ1n) is 7.95. The highest BCUT2D eigenvalue weighted by atomic mass is 127. The number of aromatic amines is 2. The summed E-state index contributed by atoms with van der Waals surface area (Å²) in [7, 11) is 0. The molecule has 0 fully saturated rings. The molecular formula is C20H13IN4. The molecule has 8 bridgehead atoms. The van der Waals surface area contributed by atoms with E-state index in [9.17, 15) is 0 Å². The van der Waals surface area contributed by atoms with E-state index in [0.29, 0.717) is 0 Å². The maximum atomic E-state index is 4.67. The van der Waals surface area contributed by atoms with Crippen molar-refractivity contribution in [2.45, 2.75) is 0 Å². The average Bonchev–Trinajstić information content (AvgIpc) is 3.33. The van der Waals surface area contributed by atoms with Crippen LogP contribution in [0.5, 0.6) is 0 Å². The lowest BCUT2D eigenvalue weighted by Gasteiger charge is -1.86. The fourth-order valence-corrected chi connectivity index (χ4v) is 3.61. The molecule has 5 rings (SSSR count). The van der Waals surface area contributed by atoms with Crippen LogP contribution in [0.15, 0.2) is 42.5 Å². The molecule has 25 heavy (non-hydrogen) atoms. The van der Waals surface area contributed by atoms with Crippen molar-refractivity contribution in [1.82, 2.24) is 19.9 Å². The minimum atomic E-state index is 0.938. The van der Waals surface area contributed by atoms with Gasteiger partial charge in [0.2, 0.25) is 0 Å². The molecule has 0 aliphatic carbocycles.